The van der Waals surface area contributed by atoms with Gasteiger partial charge in [0.15, 0.2) is 5.89 Å². The number of alkyl halides is 2. The van der Waals surface area contributed by atoms with Crippen LogP contribution in [-0.2, 0) is 11.8 Å². The lowest BCUT2D eigenvalue weighted by Gasteiger charge is -2.17. The number of nitrogens with zero attached hydrogens (tertiary/aromatic N) is 1. The summed E-state index contributed by atoms with van der Waals surface area (Å²) < 4.78 is 5.67. The number of aromatic nitrogens is 1. The number of halogens is 2. The average molecular weight is 248 g/mol. The summed E-state index contributed by atoms with van der Waals surface area (Å²) in [6.07, 6.45) is 6.26. The maximum absolute atomic E-state index is 5.78. The molecule has 4 heteroatoms. The maximum atomic E-state index is 5.78. The molecule has 0 unspecified atom stereocenters. The quantitative estimate of drug-likeness (QED) is 0.749. The van der Waals surface area contributed by atoms with E-state index in [1.807, 2.05) is 0 Å². The molecule has 84 valence electrons. The van der Waals surface area contributed by atoms with Crippen LogP contribution in [0.5, 0.6) is 0 Å². The Hall–Kier alpha value is -0.210. The van der Waals surface area contributed by atoms with Gasteiger partial charge in [-0.1, -0.05) is 19.3 Å². The van der Waals surface area contributed by atoms with E-state index >= 15 is 0 Å². The van der Waals surface area contributed by atoms with Crippen molar-refractivity contribution in [2.24, 2.45) is 0 Å². The van der Waals surface area contributed by atoms with E-state index in [0.717, 1.165) is 17.3 Å². The molecule has 0 aromatic carbocycles. The van der Waals surface area contributed by atoms with Crippen LogP contribution in [0.3, 0.4) is 0 Å². The maximum Gasteiger partial charge on any atom is 0.197 e. The minimum atomic E-state index is 0.363. The molecule has 0 radical (unpaired) electrons. The summed E-state index contributed by atoms with van der Waals surface area (Å²) in [6.45, 7) is 0. The van der Waals surface area contributed by atoms with Gasteiger partial charge in [0.2, 0.25) is 0 Å². The first-order valence-electron chi connectivity index (χ1n) is 5.45. The van der Waals surface area contributed by atoms with Crippen molar-refractivity contribution < 1.29 is 4.42 Å². The van der Waals surface area contributed by atoms with E-state index in [1.165, 1.54) is 32.1 Å². The number of oxazole rings is 1. The first-order valence-corrected chi connectivity index (χ1v) is 6.52. The second-order valence-corrected chi connectivity index (χ2v) is 4.56. The average Bonchev–Trinajstić information content (AvgIpc) is 2.73. The standard InChI is InChI=1S/C11H15Cl2NO/c12-6-9-10(7-13)15-11(14-9)8-4-2-1-3-5-8/h8H,1-7H2. The molecule has 1 fully saturated rings. The highest BCUT2D eigenvalue weighted by Crippen LogP contribution is 2.33. The number of hydrogen-bond donors (Lipinski definition) is 0. The van der Waals surface area contributed by atoms with E-state index in [-0.39, 0.29) is 0 Å². The molecule has 0 amide bonds. The second-order valence-electron chi connectivity index (χ2n) is 4.02. The van der Waals surface area contributed by atoms with Gasteiger partial charge in [0.25, 0.3) is 0 Å². The Morgan fingerprint density at radius 1 is 1.13 bits per heavy atom. The van der Waals surface area contributed by atoms with Crippen LogP contribution in [0.1, 0.15) is 55.4 Å². The summed E-state index contributed by atoms with van der Waals surface area (Å²) in [4.78, 5) is 4.44. The van der Waals surface area contributed by atoms with Gasteiger partial charge in [-0.2, -0.15) is 0 Å². The molecule has 0 spiro atoms. The summed E-state index contributed by atoms with van der Waals surface area (Å²) in [5.74, 6) is 2.82. The lowest BCUT2D eigenvalue weighted by molar-refractivity contribution is 0.355. The summed E-state index contributed by atoms with van der Waals surface area (Å²) in [6, 6.07) is 0. The van der Waals surface area contributed by atoms with Crippen molar-refractivity contribution in [3.05, 3.63) is 17.3 Å². The van der Waals surface area contributed by atoms with Crippen LogP contribution in [0.2, 0.25) is 0 Å². The van der Waals surface area contributed by atoms with Crippen molar-refractivity contribution in [2.45, 2.75) is 49.8 Å². The Balaban J connectivity index is 2.16. The van der Waals surface area contributed by atoms with Gasteiger partial charge >= 0.3 is 0 Å². The Kier molecular flexibility index (Phi) is 3.92. The van der Waals surface area contributed by atoms with Gasteiger partial charge in [-0.3, -0.25) is 0 Å². The van der Waals surface area contributed by atoms with Crippen LogP contribution in [0.4, 0.5) is 0 Å². The molecular weight excluding hydrogens is 233 g/mol. The molecule has 1 heterocycles. The van der Waals surface area contributed by atoms with Gasteiger partial charge < -0.3 is 4.42 Å². The van der Waals surface area contributed by atoms with Gasteiger partial charge in [-0.15, -0.1) is 23.2 Å². The van der Waals surface area contributed by atoms with E-state index in [2.05, 4.69) is 4.98 Å². The molecule has 2 nitrogen and oxygen atoms in total. The Bertz CT molecular complexity index is 297. The molecule has 1 aromatic heterocycles. The Morgan fingerprint density at radius 3 is 2.40 bits per heavy atom. The zero-order chi connectivity index (χ0) is 10.7. The number of rotatable bonds is 3. The summed E-state index contributed by atoms with van der Waals surface area (Å²) in [5, 5.41) is 0. The van der Waals surface area contributed by atoms with Gasteiger partial charge in [-0.25, -0.2) is 4.98 Å². The van der Waals surface area contributed by atoms with Crippen LogP contribution >= 0.6 is 23.2 Å². The monoisotopic (exact) mass is 247 g/mol. The molecule has 2 rings (SSSR count). The smallest absolute Gasteiger partial charge is 0.197 e. The topological polar surface area (TPSA) is 26.0 Å². The fraction of sp³-hybridized carbons (Fsp3) is 0.727. The first-order chi connectivity index (χ1) is 7.35. The predicted octanol–water partition coefficient (Wildman–Crippen LogP) is 4.20. The van der Waals surface area contributed by atoms with Crippen LogP contribution in [0, 0.1) is 0 Å². The second kappa shape index (κ2) is 5.22. The van der Waals surface area contributed by atoms with Crippen molar-refractivity contribution in [3.8, 4) is 0 Å². The highest BCUT2D eigenvalue weighted by atomic mass is 35.5. The molecule has 1 aromatic rings. The van der Waals surface area contributed by atoms with Gasteiger partial charge in [0.05, 0.1) is 17.5 Å². The van der Waals surface area contributed by atoms with Crippen molar-refractivity contribution in [2.75, 3.05) is 0 Å². The van der Waals surface area contributed by atoms with E-state index in [9.17, 15) is 0 Å². The van der Waals surface area contributed by atoms with Gasteiger partial charge in [-0.05, 0) is 12.8 Å². The van der Waals surface area contributed by atoms with Gasteiger partial charge in [0.1, 0.15) is 5.76 Å². The van der Waals surface area contributed by atoms with E-state index in [0.29, 0.717) is 17.7 Å². The number of hydrogen-bond acceptors (Lipinski definition) is 2. The van der Waals surface area contributed by atoms with E-state index in [1.54, 1.807) is 0 Å². The van der Waals surface area contributed by atoms with E-state index < -0.39 is 0 Å². The minimum Gasteiger partial charge on any atom is -0.444 e. The SMILES string of the molecule is ClCc1nc(C2CCCCC2)oc1CCl. The molecular formula is C11H15Cl2NO. The van der Waals surface area contributed by atoms with Crippen LogP contribution in [-0.4, -0.2) is 4.98 Å². The molecule has 0 bridgehead atoms. The Labute approximate surface area is 100.0 Å². The lowest BCUT2D eigenvalue weighted by atomic mass is 9.89. The highest BCUT2D eigenvalue weighted by molar-refractivity contribution is 6.18. The third-order valence-electron chi connectivity index (χ3n) is 3.00. The normalized spacial score (nSPS) is 18.3. The summed E-state index contributed by atoms with van der Waals surface area (Å²) >= 11 is 11.6. The lowest BCUT2D eigenvalue weighted by Crippen LogP contribution is -2.04. The first kappa shape index (κ1) is 11.3. The zero-order valence-corrected chi connectivity index (χ0v) is 10.2. The zero-order valence-electron chi connectivity index (χ0n) is 8.64. The highest BCUT2D eigenvalue weighted by Gasteiger charge is 2.22. The van der Waals surface area contributed by atoms with Crippen LogP contribution in [0.25, 0.3) is 0 Å². The van der Waals surface area contributed by atoms with Crippen molar-refractivity contribution in [1.82, 2.24) is 4.98 Å². The summed E-state index contributed by atoms with van der Waals surface area (Å²) in [5.41, 5.74) is 0.812. The molecule has 1 aliphatic carbocycles. The third-order valence-corrected chi connectivity index (χ3v) is 3.49. The van der Waals surface area contributed by atoms with Crippen molar-refractivity contribution >= 4 is 23.2 Å². The van der Waals surface area contributed by atoms with E-state index in [4.69, 9.17) is 27.6 Å². The van der Waals surface area contributed by atoms with Gasteiger partial charge in [0, 0.05) is 5.92 Å². The molecule has 0 aliphatic heterocycles. The fourth-order valence-electron chi connectivity index (χ4n) is 2.14. The van der Waals surface area contributed by atoms with Crippen LogP contribution in [0.15, 0.2) is 4.42 Å². The molecule has 1 saturated carbocycles. The molecule has 0 N–H and O–H groups in total. The van der Waals surface area contributed by atoms with Crippen molar-refractivity contribution in [3.63, 3.8) is 0 Å². The molecule has 1 aliphatic rings. The molecule has 15 heavy (non-hydrogen) atoms. The molecule has 0 atom stereocenters. The molecule has 0 saturated heterocycles. The third kappa shape index (κ3) is 2.48. The minimum absolute atomic E-state index is 0.363. The largest absolute Gasteiger partial charge is 0.444 e. The Morgan fingerprint density at radius 2 is 1.87 bits per heavy atom. The predicted molar refractivity (Wildman–Crippen MR) is 61.4 cm³/mol. The fourth-order valence-corrected chi connectivity index (χ4v) is 2.55. The van der Waals surface area contributed by atoms with Crippen molar-refractivity contribution in [1.29, 1.82) is 0 Å². The van der Waals surface area contributed by atoms with Crippen LogP contribution < -0.4 is 0 Å². The summed E-state index contributed by atoms with van der Waals surface area (Å²) in [7, 11) is 0.